The van der Waals surface area contributed by atoms with Crippen molar-refractivity contribution in [2.75, 3.05) is 19.6 Å². The lowest BCUT2D eigenvalue weighted by molar-refractivity contribution is 0.0933. The number of nitrogens with two attached hydrogens (primary N) is 1. The molecule has 1 aliphatic rings. The number of nitrogens with one attached hydrogen (secondary N) is 2. The highest BCUT2D eigenvalue weighted by atomic mass is 32.1. The Kier molecular flexibility index (Phi) is 4.91. The molecule has 20 heavy (non-hydrogen) atoms. The third-order valence-corrected chi connectivity index (χ3v) is 3.97. The lowest BCUT2D eigenvalue weighted by atomic mass is 10.2. The van der Waals surface area contributed by atoms with Gasteiger partial charge in [0, 0.05) is 37.6 Å². The quantitative estimate of drug-likeness (QED) is 0.735. The number of urea groups is 1. The molecule has 0 radical (unpaired) electrons. The number of nitrogens with zero attached hydrogens (tertiary/aromatic N) is 2. The van der Waals surface area contributed by atoms with Crippen molar-refractivity contribution < 1.29 is 9.59 Å². The second-order valence-corrected chi connectivity index (χ2v) is 5.51. The van der Waals surface area contributed by atoms with Gasteiger partial charge in [-0.2, -0.15) is 0 Å². The molecule has 1 aromatic rings. The molecular formula is C12H19N5O2S. The average molecular weight is 297 g/mol. The minimum Gasteiger partial charge on any atom is -0.346 e. The second kappa shape index (κ2) is 6.67. The zero-order chi connectivity index (χ0) is 14.5. The zero-order valence-electron chi connectivity index (χ0n) is 11.4. The van der Waals surface area contributed by atoms with Gasteiger partial charge in [-0.05, 0) is 13.3 Å². The van der Waals surface area contributed by atoms with Crippen LogP contribution in [0.25, 0.3) is 0 Å². The Balaban J connectivity index is 1.85. The van der Waals surface area contributed by atoms with Crippen LogP contribution in [0.5, 0.6) is 0 Å². The van der Waals surface area contributed by atoms with E-state index >= 15 is 0 Å². The molecule has 1 aromatic heterocycles. The number of carbonyl (C=O) groups excluding carboxylic acids is 2. The molecule has 0 spiro atoms. The van der Waals surface area contributed by atoms with E-state index in [-0.39, 0.29) is 18.0 Å². The summed E-state index contributed by atoms with van der Waals surface area (Å²) in [5.41, 5.74) is 5.87. The van der Waals surface area contributed by atoms with Gasteiger partial charge in [-0.25, -0.2) is 9.78 Å². The molecule has 1 atom stereocenters. The van der Waals surface area contributed by atoms with E-state index in [4.69, 9.17) is 5.73 Å². The van der Waals surface area contributed by atoms with Crippen molar-refractivity contribution in [1.82, 2.24) is 20.5 Å². The zero-order valence-corrected chi connectivity index (χ0v) is 12.2. The molecule has 1 unspecified atom stereocenters. The average Bonchev–Trinajstić information content (AvgIpc) is 3.07. The molecule has 3 amide bonds. The molecule has 2 heterocycles. The third kappa shape index (κ3) is 3.45. The summed E-state index contributed by atoms with van der Waals surface area (Å²) in [6.45, 7) is 4.01. The van der Waals surface area contributed by atoms with Crippen LogP contribution in [-0.2, 0) is 6.54 Å². The van der Waals surface area contributed by atoms with Gasteiger partial charge in [-0.1, -0.05) is 0 Å². The summed E-state index contributed by atoms with van der Waals surface area (Å²) in [6, 6.07) is -0.101. The number of thiazole rings is 1. The van der Waals surface area contributed by atoms with Crippen LogP contribution in [0.4, 0.5) is 4.79 Å². The summed E-state index contributed by atoms with van der Waals surface area (Å²) in [4.78, 5) is 29.5. The predicted octanol–water partition coefficient (Wildman–Crippen LogP) is 0.135. The smallest absolute Gasteiger partial charge is 0.317 e. The maximum absolute atomic E-state index is 12.0. The summed E-state index contributed by atoms with van der Waals surface area (Å²) < 4.78 is 0. The third-order valence-electron chi connectivity index (χ3n) is 3.10. The van der Waals surface area contributed by atoms with Crippen LogP contribution in [0.1, 0.15) is 28.8 Å². The molecule has 0 bridgehead atoms. The lowest BCUT2D eigenvalue weighted by Gasteiger charge is -2.17. The highest BCUT2D eigenvalue weighted by Crippen LogP contribution is 2.12. The molecule has 0 aromatic carbocycles. The first kappa shape index (κ1) is 14.7. The first-order valence-corrected chi connectivity index (χ1v) is 7.50. The fraction of sp³-hybridized carbons (Fsp3) is 0.583. The Bertz CT molecular complexity index is 490. The van der Waals surface area contributed by atoms with Crippen LogP contribution < -0.4 is 16.4 Å². The second-order valence-electron chi connectivity index (χ2n) is 4.57. The molecule has 1 fully saturated rings. The number of hydrogen-bond acceptors (Lipinski definition) is 5. The first-order valence-electron chi connectivity index (χ1n) is 6.62. The summed E-state index contributed by atoms with van der Waals surface area (Å²) in [6.07, 6.45) is 0.761. The number of aromatic nitrogens is 1. The van der Waals surface area contributed by atoms with Crippen LogP contribution in [0, 0.1) is 0 Å². The van der Waals surface area contributed by atoms with E-state index in [1.165, 1.54) is 11.3 Å². The van der Waals surface area contributed by atoms with Crippen LogP contribution in [0.3, 0.4) is 0 Å². The summed E-state index contributed by atoms with van der Waals surface area (Å²) in [7, 11) is 0. The van der Waals surface area contributed by atoms with Gasteiger partial charge in [0.15, 0.2) is 0 Å². The molecule has 1 aliphatic heterocycles. The normalized spacial score (nSPS) is 18.1. The van der Waals surface area contributed by atoms with E-state index in [0.717, 1.165) is 11.4 Å². The van der Waals surface area contributed by atoms with Crippen molar-refractivity contribution in [1.29, 1.82) is 0 Å². The molecule has 1 saturated heterocycles. The topological polar surface area (TPSA) is 100 Å². The Morgan fingerprint density at radius 2 is 2.40 bits per heavy atom. The van der Waals surface area contributed by atoms with Crippen molar-refractivity contribution in [2.45, 2.75) is 25.9 Å². The van der Waals surface area contributed by atoms with Crippen molar-refractivity contribution >= 4 is 23.3 Å². The molecular weight excluding hydrogens is 278 g/mol. The van der Waals surface area contributed by atoms with E-state index in [1.807, 2.05) is 6.92 Å². The maximum atomic E-state index is 12.0. The Morgan fingerprint density at radius 3 is 3.05 bits per heavy atom. The maximum Gasteiger partial charge on any atom is 0.317 e. The monoisotopic (exact) mass is 297 g/mol. The van der Waals surface area contributed by atoms with Gasteiger partial charge in [0.1, 0.15) is 10.7 Å². The van der Waals surface area contributed by atoms with Gasteiger partial charge in [-0.3, -0.25) is 4.79 Å². The molecule has 110 valence electrons. The number of rotatable bonds is 4. The van der Waals surface area contributed by atoms with Crippen molar-refractivity contribution in [3.8, 4) is 0 Å². The highest BCUT2D eigenvalue weighted by molar-refractivity contribution is 7.09. The summed E-state index contributed by atoms with van der Waals surface area (Å²) in [5.74, 6) is -0.205. The van der Waals surface area contributed by atoms with Gasteiger partial charge in [0.05, 0.1) is 0 Å². The Hall–Kier alpha value is -1.67. The Labute approximate surface area is 121 Å². The number of carbonyl (C=O) groups is 2. The number of amides is 3. The minimum atomic E-state index is -0.205. The van der Waals surface area contributed by atoms with Gasteiger partial charge in [0.2, 0.25) is 0 Å². The molecule has 0 aliphatic carbocycles. The van der Waals surface area contributed by atoms with E-state index in [9.17, 15) is 9.59 Å². The van der Waals surface area contributed by atoms with Crippen LogP contribution in [0.2, 0.25) is 0 Å². The summed E-state index contributed by atoms with van der Waals surface area (Å²) >= 11 is 1.38. The van der Waals surface area contributed by atoms with Gasteiger partial charge >= 0.3 is 6.03 Å². The largest absolute Gasteiger partial charge is 0.346 e. The van der Waals surface area contributed by atoms with Crippen LogP contribution in [-0.4, -0.2) is 47.5 Å². The van der Waals surface area contributed by atoms with Gasteiger partial charge < -0.3 is 21.3 Å². The summed E-state index contributed by atoms with van der Waals surface area (Å²) in [5, 5.41) is 8.10. The van der Waals surface area contributed by atoms with E-state index in [2.05, 4.69) is 15.6 Å². The van der Waals surface area contributed by atoms with Crippen molar-refractivity contribution in [2.24, 2.45) is 5.73 Å². The molecule has 7 nitrogen and oxygen atoms in total. The SMILES string of the molecule is CCNC(=O)N1CCC(NC(=O)c2csc(CN)n2)C1. The van der Waals surface area contributed by atoms with Gasteiger partial charge in [0.25, 0.3) is 5.91 Å². The molecule has 4 N–H and O–H groups in total. The molecule has 8 heteroatoms. The fourth-order valence-electron chi connectivity index (χ4n) is 2.09. The first-order chi connectivity index (χ1) is 9.63. The molecule has 2 rings (SSSR count). The van der Waals surface area contributed by atoms with Crippen LogP contribution in [0.15, 0.2) is 5.38 Å². The Morgan fingerprint density at radius 1 is 1.60 bits per heavy atom. The van der Waals surface area contributed by atoms with Gasteiger partial charge in [-0.15, -0.1) is 11.3 Å². The standard InChI is InChI=1S/C12H19N5O2S/c1-2-14-12(19)17-4-3-8(6-17)15-11(18)9-7-20-10(5-13)16-9/h7-8H,2-6,13H2,1H3,(H,14,19)(H,15,18). The van der Waals surface area contributed by atoms with E-state index < -0.39 is 0 Å². The van der Waals surface area contributed by atoms with Crippen molar-refractivity contribution in [3.63, 3.8) is 0 Å². The predicted molar refractivity (Wildman–Crippen MR) is 76.5 cm³/mol. The minimum absolute atomic E-state index is 0.0202. The van der Waals surface area contributed by atoms with Crippen molar-refractivity contribution in [3.05, 3.63) is 16.1 Å². The fourth-order valence-corrected chi connectivity index (χ4v) is 2.75. The number of hydrogen-bond donors (Lipinski definition) is 3. The highest BCUT2D eigenvalue weighted by Gasteiger charge is 2.27. The van der Waals surface area contributed by atoms with E-state index in [1.54, 1.807) is 10.3 Å². The number of likely N-dealkylation sites (tertiary alicyclic amines) is 1. The van der Waals surface area contributed by atoms with E-state index in [0.29, 0.717) is 31.9 Å². The van der Waals surface area contributed by atoms with Crippen LogP contribution >= 0.6 is 11.3 Å². The molecule has 0 saturated carbocycles. The lowest BCUT2D eigenvalue weighted by Crippen LogP contribution is -2.42.